The van der Waals surface area contributed by atoms with Crippen LogP contribution >= 0.6 is 11.8 Å². The second kappa shape index (κ2) is 5.55. The third-order valence-corrected chi connectivity index (χ3v) is 5.38. The minimum atomic E-state index is -0.680. The third-order valence-electron chi connectivity index (χ3n) is 4.15. The number of hydrogen-bond acceptors (Lipinski definition) is 3. The zero-order valence-electron chi connectivity index (χ0n) is 10.9. The first kappa shape index (κ1) is 13.0. The summed E-state index contributed by atoms with van der Waals surface area (Å²) in [5, 5.41) is 9.46. The maximum atomic E-state index is 11.5. The van der Waals surface area contributed by atoms with Gasteiger partial charge in [-0.05, 0) is 41.4 Å². The van der Waals surface area contributed by atoms with Crippen molar-refractivity contribution in [1.29, 1.82) is 0 Å². The van der Waals surface area contributed by atoms with E-state index in [1.54, 1.807) is 0 Å². The van der Waals surface area contributed by atoms with Gasteiger partial charge in [0.15, 0.2) is 0 Å². The molecule has 2 aliphatic rings. The fourth-order valence-electron chi connectivity index (χ4n) is 3.07. The molecule has 0 radical (unpaired) electrons. The lowest BCUT2D eigenvalue weighted by molar-refractivity contribution is -0.144. The van der Waals surface area contributed by atoms with E-state index in [9.17, 15) is 9.90 Å². The number of carboxylic acid groups (broad SMARTS) is 1. The fraction of sp³-hybridized carbons (Fsp3) is 0.533. The summed E-state index contributed by atoms with van der Waals surface area (Å²) in [7, 11) is 0. The summed E-state index contributed by atoms with van der Waals surface area (Å²) >= 11 is 1.99. The average Bonchev–Trinajstić information content (AvgIpc) is 2.90. The Bertz CT molecular complexity index is 471. The Balaban J connectivity index is 1.79. The maximum absolute atomic E-state index is 11.5. The Kier molecular flexibility index (Phi) is 3.80. The molecular formula is C15H19NO2S. The average molecular weight is 277 g/mol. The van der Waals surface area contributed by atoms with Gasteiger partial charge in [0.1, 0.15) is 6.04 Å². The molecule has 1 aromatic carbocycles. The number of benzene rings is 1. The molecule has 1 saturated heterocycles. The molecule has 2 atom stereocenters. The van der Waals surface area contributed by atoms with Crippen LogP contribution in [0.3, 0.4) is 0 Å². The molecule has 19 heavy (non-hydrogen) atoms. The second-order valence-corrected chi connectivity index (χ2v) is 6.64. The summed E-state index contributed by atoms with van der Waals surface area (Å²) in [5.74, 6) is 2.40. The number of nitrogens with zero attached hydrogens (tertiary/aromatic N) is 1. The minimum absolute atomic E-state index is 0.347. The summed E-state index contributed by atoms with van der Waals surface area (Å²) < 4.78 is 0. The number of carboxylic acids is 1. The molecule has 0 amide bonds. The normalized spacial score (nSPS) is 27.2. The van der Waals surface area contributed by atoms with E-state index in [1.165, 1.54) is 29.1 Å². The van der Waals surface area contributed by atoms with Crippen LogP contribution in [0.15, 0.2) is 24.3 Å². The highest BCUT2D eigenvalue weighted by Crippen LogP contribution is 2.29. The molecule has 0 bridgehead atoms. The molecule has 0 spiro atoms. The molecule has 2 unspecified atom stereocenters. The van der Waals surface area contributed by atoms with E-state index in [0.717, 1.165) is 13.1 Å². The Morgan fingerprint density at radius 3 is 2.84 bits per heavy atom. The molecule has 2 heterocycles. The van der Waals surface area contributed by atoms with E-state index < -0.39 is 5.97 Å². The Morgan fingerprint density at radius 2 is 2.16 bits per heavy atom. The van der Waals surface area contributed by atoms with Crippen LogP contribution in [0.5, 0.6) is 0 Å². The third kappa shape index (κ3) is 2.79. The molecule has 4 heteroatoms. The van der Waals surface area contributed by atoms with Crippen molar-refractivity contribution in [3.63, 3.8) is 0 Å². The molecule has 0 aromatic heterocycles. The van der Waals surface area contributed by atoms with Crippen molar-refractivity contribution in [1.82, 2.24) is 4.90 Å². The van der Waals surface area contributed by atoms with E-state index in [0.29, 0.717) is 12.3 Å². The monoisotopic (exact) mass is 277 g/mol. The van der Waals surface area contributed by atoms with E-state index in [1.807, 2.05) is 23.9 Å². The smallest absolute Gasteiger partial charge is 0.321 e. The van der Waals surface area contributed by atoms with Crippen LogP contribution in [0.25, 0.3) is 0 Å². The van der Waals surface area contributed by atoms with Crippen molar-refractivity contribution in [2.24, 2.45) is 5.92 Å². The molecule has 2 aliphatic heterocycles. The largest absolute Gasteiger partial charge is 0.480 e. The zero-order valence-corrected chi connectivity index (χ0v) is 11.7. The van der Waals surface area contributed by atoms with Gasteiger partial charge in [0, 0.05) is 13.1 Å². The standard InChI is InChI=1S/C15H19NO2S/c17-15(18)14-7-12-3-1-2-4-13(12)9-16(14)8-11-5-6-19-10-11/h1-4,11,14H,5-10H2,(H,17,18). The van der Waals surface area contributed by atoms with Crippen molar-refractivity contribution in [3.8, 4) is 0 Å². The van der Waals surface area contributed by atoms with Crippen LogP contribution in [0, 0.1) is 5.92 Å². The second-order valence-electron chi connectivity index (χ2n) is 5.49. The molecule has 1 aromatic rings. The summed E-state index contributed by atoms with van der Waals surface area (Å²) in [6.45, 7) is 1.71. The molecule has 1 N–H and O–H groups in total. The highest BCUT2D eigenvalue weighted by molar-refractivity contribution is 7.99. The fourth-order valence-corrected chi connectivity index (χ4v) is 4.34. The van der Waals surface area contributed by atoms with Gasteiger partial charge >= 0.3 is 5.97 Å². The topological polar surface area (TPSA) is 40.5 Å². The van der Waals surface area contributed by atoms with Crippen molar-refractivity contribution in [3.05, 3.63) is 35.4 Å². The lowest BCUT2D eigenvalue weighted by atomic mass is 9.93. The Labute approximate surface area is 118 Å². The number of fused-ring (bicyclic) bond motifs is 1. The molecular weight excluding hydrogens is 258 g/mol. The van der Waals surface area contributed by atoms with Gasteiger partial charge in [-0.1, -0.05) is 24.3 Å². The van der Waals surface area contributed by atoms with E-state index in [2.05, 4.69) is 17.0 Å². The predicted octanol–water partition coefficient (Wildman–Crippen LogP) is 2.25. The lowest BCUT2D eigenvalue weighted by Gasteiger charge is -2.35. The summed E-state index contributed by atoms with van der Waals surface area (Å²) in [6.07, 6.45) is 1.88. The minimum Gasteiger partial charge on any atom is -0.480 e. The van der Waals surface area contributed by atoms with Crippen LogP contribution < -0.4 is 0 Å². The van der Waals surface area contributed by atoms with Crippen LogP contribution in [-0.2, 0) is 17.8 Å². The van der Waals surface area contributed by atoms with Gasteiger partial charge in [0.2, 0.25) is 0 Å². The molecule has 3 nitrogen and oxygen atoms in total. The number of carbonyl (C=O) groups is 1. The quantitative estimate of drug-likeness (QED) is 0.920. The van der Waals surface area contributed by atoms with Crippen LogP contribution in [0.2, 0.25) is 0 Å². The van der Waals surface area contributed by atoms with Crippen molar-refractivity contribution >= 4 is 17.7 Å². The maximum Gasteiger partial charge on any atom is 0.321 e. The highest BCUT2D eigenvalue weighted by atomic mass is 32.2. The van der Waals surface area contributed by atoms with Gasteiger partial charge in [-0.2, -0.15) is 11.8 Å². The van der Waals surface area contributed by atoms with Gasteiger partial charge in [0.25, 0.3) is 0 Å². The number of rotatable bonds is 3. The number of thioether (sulfide) groups is 1. The van der Waals surface area contributed by atoms with Gasteiger partial charge in [-0.25, -0.2) is 0 Å². The summed E-state index contributed by atoms with van der Waals surface area (Å²) in [6, 6.07) is 7.89. The first-order valence-electron chi connectivity index (χ1n) is 6.85. The Hall–Kier alpha value is -1.00. The van der Waals surface area contributed by atoms with Crippen molar-refractivity contribution < 1.29 is 9.90 Å². The van der Waals surface area contributed by atoms with Gasteiger partial charge in [-0.15, -0.1) is 0 Å². The first-order valence-corrected chi connectivity index (χ1v) is 8.01. The summed E-state index contributed by atoms with van der Waals surface area (Å²) in [4.78, 5) is 13.7. The Morgan fingerprint density at radius 1 is 1.37 bits per heavy atom. The molecule has 0 saturated carbocycles. The first-order chi connectivity index (χ1) is 9.24. The van der Waals surface area contributed by atoms with Crippen molar-refractivity contribution in [2.45, 2.75) is 25.4 Å². The predicted molar refractivity (Wildman–Crippen MR) is 77.4 cm³/mol. The van der Waals surface area contributed by atoms with Gasteiger partial charge in [-0.3, -0.25) is 9.69 Å². The molecule has 0 aliphatic carbocycles. The highest BCUT2D eigenvalue weighted by Gasteiger charge is 2.33. The molecule has 1 fully saturated rings. The zero-order chi connectivity index (χ0) is 13.2. The van der Waals surface area contributed by atoms with E-state index >= 15 is 0 Å². The van der Waals surface area contributed by atoms with Crippen molar-refractivity contribution in [2.75, 3.05) is 18.1 Å². The number of aliphatic carboxylic acids is 1. The van der Waals surface area contributed by atoms with Crippen LogP contribution in [0.1, 0.15) is 17.5 Å². The van der Waals surface area contributed by atoms with E-state index in [4.69, 9.17) is 0 Å². The SMILES string of the molecule is O=C(O)C1Cc2ccccc2CN1CC1CCSC1. The molecule has 3 rings (SSSR count). The van der Waals surface area contributed by atoms with Crippen LogP contribution in [-0.4, -0.2) is 40.1 Å². The molecule has 102 valence electrons. The van der Waals surface area contributed by atoms with Gasteiger partial charge < -0.3 is 5.11 Å². The summed E-state index contributed by atoms with van der Waals surface area (Å²) in [5.41, 5.74) is 2.50. The van der Waals surface area contributed by atoms with Crippen LogP contribution in [0.4, 0.5) is 0 Å². The number of hydrogen-bond donors (Lipinski definition) is 1. The lowest BCUT2D eigenvalue weighted by Crippen LogP contribution is -2.47. The van der Waals surface area contributed by atoms with E-state index in [-0.39, 0.29) is 6.04 Å². The van der Waals surface area contributed by atoms with Gasteiger partial charge in [0.05, 0.1) is 0 Å².